The first-order valence-corrected chi connectivity index (χ1v) is 13.2. The maximum atomic E-state index is 14.4. The summed E-state index contributed by atoms with van der Waals surface area (Å²) in [6, 6.07) is 11.9. The highest BCUT2D eigenvalue weighted by molar-refractivity contribution is 6.50. The Labute approximate surface area is 222 Å². The van der Waals surface area contributed by atoms with Gasteiger partial charge in [-0.15, -0.1) is 0 Å². The third kappa shape index (κ3) is 3.93. The number of fused-ring (bicyclic) bond motifs is 3. The number of para-hydroxylation sites is 1. The van der Waals surface area contributed by atoms with E-state index in [-0.39, 0.29) is 17.7 Å². The molecule has 1 atom stereocenters. The molecule has 2 aromatic rings. The molecule has 0 saturated carbocycles. The van der Waals surface area contributed by atoms with Crippen LogP contribution in [0.5, 0.6) is 11.5 Å². The van der Waals surface area contributed by atoms with E-state index in [1.165, 1.54) is 15.9 Å². The highest BCUT2D eigenvalue weighted by Crippen LogP contribution is 2.53. The number of ether oxygens (including phenoxy) is 2. The minimum Gasteiger partial charge on any atom is -0.872 e. The molecule has 9 heteroatoms. The van der Waals surface area contributed by atoms with Crippen molar-refractivity contribution in [2.45, 2.75) is 31.7 Å². The molecular formula is C29H33N3O6. The average molecular weight is 520 g/mol. The molecule has 0 bridgehead atoms. The maximum absolute atomic E-state index is 14.4. The predicted molar refractivity (Wildman–Crippen MR) is 139 cm³/mol. The number of benzene rings is 2. The second kappa shape index (κ2) is 10.1. The van der Waals surface area contributed by atoms with E-state index in [2.05, 4.69) is 0 Å². The second-order valence-electron chi connectivity index (χ2n) is 10.2. The molecular weight excluding hydrogens is 486 g/mol. The topological polar surface area (TPSA) is 104 Å². The van der Waals surface area contributed by atoms with Crippen molar-refractivity contribution in [3.63, 3.8) is 0 Å². The first-order valence-electron chi connectivity index (χ1n) is 13.2. The lowest BCUT2D eigenvalue weighted by Crippen LogP contribution is -3.05. The number of nitrogens with one attached hydrogen (secondary N) is 1. The van der Waals surface area contributed by atoms with Crippen molar-refractivity contribution in [3.05, 3.63) is 59.2 Å². The lowest BCUT2D eigenvalue weighted by Gasteiger charge is -2.36. The summed E-state index contributed by atoms with van der Waals surface area (Å²) < 4.78 is 11.2. The molecule has 200 valence electrons. The number of unbranched alkanes of at least 4 members (excludes halogenated alkanes) is 1. The zero-order valence-corrected chi connectivity index (χ0v) is 22.0. The number of nitrogens with zero attached hydrogens (tertiary/aromatic N) is 2. The van der Waals surface area contributed by atoms with Crippen LogP contribution in [0.3, 0.4) is 0 Å². The minimum atomic E-state index is -1.80. The molecule has 0 aliphatic carbocycles. The fourth-order valence-corrected chi connectivity index (χ4v) is 5.61. The molecule has 9 nitrogen and oxygen atoms in total. The van der Waals surface area contributed by atoms with Crippen molar-refractivity contribution in [1.82, 2.24) is 4.90 Å². The van der Waals surface area contributed by atoms with Gasteiger partial charge in [0.15, 0.2) is 17.0 Å². The van der Waals surface area contributed by atoms with Crippen LogP contribution in [0.2, 0.25) is 0 Å². The summed E-state index contributed by atoms with van der Waals surface area (Å²) >= 11 is 0. The van der Waals surface area contributed by atoms with E-state index < -0.39 is 28.9 Å². The third-order valence-electron chi connectivity index (χ3n) is 7.40. The molecule has 0 aromatic heterocycles. The van der Waals surface area contributed by atoms with Gasteiger partial charge in [0, 0.05) is 30.6 Å². The molecule has 2 aromatic carbocycles. The number of amides is 2. The Morgan fingerprint density at radius 2 is 1.74 bits per heavy atom. The molecule has 1 N–H and O–H groups in total. The van der Waals surface area contributed by atoms with Crippen molar-refractivity contribution in [1.29, 1.82) is 0 Å². The summed E-state index contributed by atoms with van der Waals surface area (Å²) in [6.45, 7) is 4.10. The van der Waals surface area contributed by atoms with Gasteiger partial charge in [0.1, 0.15) is 13.2 Å². The molecule has 3 aliphatic rings. The summed E-state index contributed by atoms with van der Waals surface area (Å²) in [5.41, 5.74) is -0.818. The second-order valence-corrected chi connectivity index (χ2v) is 10.2. The number of anilines is 1. The van der Waals surface area contributed by atoms with Crippen molar-refractivity contribution in [2.24, 2.45) is 0 Å². The summed E-state index contributed by atoms with van der Waals surface area (Å²) in [4.78, 5) is 45.8. The largest absolute Gasteiger partial charge is 0.872 e. The fourth-order valence-electron chi connectivity index (χ4n) is 5.61. The normalized spacial score (nSPS) is 21.6. The maximum Gasteiger partial charge on any atom is 0.296 e. The van der Waals surface area contributed by atoms with Crippen molar-refractivity contribution in [3.8, 4) is 11.5 Å². The molecule has 3 aliphatic heterocycles. The molecule has 38 heavy (non-hydrogen) atoms. The summed E-state index contributed by atoms with van der Waals surface area (Å²) in [7, 11) is 4.00. The van der Waals surface area contributed by atoms with Gasteiger partial charge in [0.25, 0.3) is 11.8 Å². The van der Waals surface area contributed by atoms with Gasteiger partial charge in [-0.3, -0.25) is 14.4 Å². The molecule has 2 amide bonds. The quantitative estimate of drug-likeness (QED) is 0.310. The average Bonchev–Trinajstić information content (AvgIpc) is 3.29. The van der Waals surface area contributed by atoms with E-state index in [4.69, 9.17) is 9.47 Å². The van der Waals surface area contributed by atoms with E-state index in [1.807, 2.05) is 33.2 Å². The third-order valence-corrected chi connectivity index (χ3v) is 7.40. The summed E-state index contributed by atoms with van der Waals surface area (Å²) in [5.74, 6) is -1.93. The van der Waals surface area contributed by atoms with Crippen LogP contribution in [0.25, 0.3) is 5.76 Å². The number of quaternary nitrogens is 1. The smallest absolute Gasteiger partial charge is 0.296 e. The number of carbonyl (C=O) groups excluding carboxylic acids is 3. The number of ketones is 1. The highest BCUT2D eigenvalue weighted by atomic mass is 16.6. The number of carbonyl (C=O) groups is 3. The fraction of sp³-hybridized carbons (Fsp3) is 0.414. The van der Waals surface area contributed by atoms with Crippen LogP contribution in [0.1, 0.15) is 37.3 Å². The highest BCUT2D eigenvalue weighted by Gasteiger charge is 2.65. The van der Waals surface area contributed by atoms with Gasteiger partial charge in [0.05, 0.1) is 26.3 Å². The van der Waals surface area contributed by atoms with Gasteiger partial charge in [-0.25, -0.2) is 0 Å². The van der Waals surface area contributed by atoms with Gasteiger partial charge < -0.3 is 29.3 Å². The Morgan fingerprint density at radius 3 is 2.47 bits per heavy atom. The molecule has 1 saturated heterocycles. The predicted octanol–water partition coefficient (Wildman–Crippen LogP) is 0.517. The molecule has 1 unspecified atom stereocenters. The van der Waals surface area contributed by atoms with Crippen LogP contribution < -0.4 is 24.4 Å². The molecule has 1 spiro atoms. The van der Waals surface area contributed by atoms with E-state index in [1.54, 1.807) is 29.2 Å². The first-order chi connectivity index (χ1) is 18.3. The minimum absolute atomic E-state index is 0.168. The van der Waals surface area contributed by atoms with E-state index in [9.17, 15) is 19.5 Å². The van der Waals surface area contributed by atoms with Crippen LogP contribution in [0, 0.1) is 0 Å². The number of hydrogen-bond donors (Lipinski definition) is 1. The van der Waals surface area contributed by atoms with Crippen LogP contribution in [-0.4, -0.2) is 69.4 Å². The number of hydrogen-bond acceptors (Lipinski definition) is 6. The standard InChI is InChI=1S/C29H33N3O6/c1-4-5-14-31-21-10-7-6-9-20(21)29(28(31)36)24(26(34)27(35)32(29)15-8-13-30(2)3)25(33)19-11-12-22-23(18-19)38-17-16-37-22/h6-7,9-12,18,33H,4-5,8,13-17H2,1-3H3/b25-24-. The molecule has 3 heterocycles. The van der Waals surface area contributed by atoms with Crippen molar-refractivity contribution >= 4 is 29.0 Å². The Balaban J connectivity index is 1.72. The van der Waals surface area contributed by atoms with Gasteiger partial charge in [0.2, 0.25) is 5.78 Å². The van der Waals surface area contributed by atoms with Crippen molar-refractivity contribution < 1.29 is 33.9 Å². The van der Waals surface area contributed by atoms with Gasteiger partial charge >= 0.3 is 0 Å². The number of Topliss-reactive ketones (excluding diaryl/α,β-unsaturated/α-hetero) is 1. The van der Waals surface area contributed by atoms with E-state index >= 15 is 0 Å². The molecule has 5 rings (SSSR count). The molecule has 1 fully saturated rings. The Bertz CT molecular complexity index is 1320. The Hall–Kier alpha value is -3.85. The summed E-state index contributed by atoms with van der Waals surface area (Å²) in [5, 5.41) is 14.1. The number of rotatable bonds is 8. The number of likely N-dealkylation sites (tertiary alicyclic amines) is 1. The van der Waals surface area contributed by atoms with Gasteiger partial charge in [-0.1, -0.05) is 43.4 Å². The first kappa shape index (κ1) is 25.8. The zero-order valence-electron chi connectivity index (χ0n) is 22.0. The SMILES string of the molecule is CCCCN1C(=O)C2(/C(=C(\[O-])c3ccc4c(c3)OCCO4)C(=O)C(=O)N2CCC[NH+](C)C)c2ccccc21. The summed E-state index contributed by atoms with van der Waals surface area (Å²) in [6.07, 6.45) is 2.17. The van der Waals surface area contributed by atoms with E-state index in [0.717, 1.165) is 19.4 Å². The zero-order chi connectivity index (χ0) is 27.0. The Morgan fingerprint density at radius 1 is 1.00 bits per heavy atom. The van der Waals surface area contributed by atoms with Gasteiger partial charge in [-0.05, 0) is 30.2 Å². The Kier molecular flexibility index (Phi) is 6.88. The van der Waals surface area contributed by atoms with Crippen LogP contribution >= 0.6 is 0 Å². The van der Waals surface area contributed by atoms with Crippen LogP contribution in [0.4, 0.5) is 5.69 Å². The monoisotopic (exact) mass is 519 g/mol. The van der Waals surface area contributed by atoms with Gasteiger partial charge in [-0.2, -0.15) is 0 Å². The van der Waals surface area contributed by atoms with Crippen LogP contribution in [-0.2, 0) is 19.9 Å². The van der Waals surface area contributed by atoms with Crippen molar-refractivity contribution in [2.75, 3.05) is 51.8 Å². The van der Waals surface area contributed by atoms with Crippen LogP contribution in [0.15, 0.2) is 48.0 Å². The molecule has 0 radical (unpaired) electrons. The lowest BCUT2D eigenvalue weighted by atomic mass is 9.81. The van der Waals surface area contributed by atoms with E-state index in [0.29, 0.717) is 48.9 Å². The lowest BCUT2D eigenvalue weighted by molar-refractivity contribution is -0.858.